The van der Waals surface area contributed by atoms with Crippen molar-refractivity contribution in [2.75, 3.05) is 34.9 Å². The highest BCUT2D eigenvalue weighted by atomic mass is 16.6. The molecule has 168 valence electrons. The number of nitrogens with zero attached hydrogens (tertiary/aromatic N) is 2. The number of aliphatic hydroxyl groups excluding tert-OH is 1. The molecule has 0 bridgehead atoms. The predicted octanol–water partition coefficient (Wildman–Crippen LogP) is 4.08. The summed E-state index contributed by atoms with van der Waals surface area (Å²) >= 11 is 0. The molecule has 1 fully saturated rings. The van der Waals surface area contributed by atoms with E-state index in [1.807, 2.05) is 24.3 Å². The molecule has 2 aliphatic rings. The quantitative estimate of drug-likeness (QED) is 0.624. The lowest BCUT2D eigenvalue weighted by molar-refractivity contribution is 0.0552. The van der Waals surface area contributed by atoms with Crippen LogP contribution in [0, 0.1) is 0 Å². The van der Waals surface area contributed by atoms with Gasteiger partial charge in [0.25, 0.3) is 0 Å². The molecule has 1 saturated heterocycles. The third kappa shape index (κ3) is 3.15. The topological polar surface area (TPSA) is 71.5 Å². The first-order chi connectivity index (χ1) is 15.4. The molecule has 1 amide bonds. The van der Waals surface area contributed by atoms with Crippen molar-refractivity contribution in [2.24, 2.45) is 0 Å². The number of fused-ring (bicyclic) bond motifs is 7. The molecule has 0 saturated carbocycles. The van der Waals surface area contributed by atoms with Crippen LogP contribution in [0.3, 0.4) is 0 Å². The van der Waals surface area contributed by atoms with Crippen molar-refractivity contribution >= 4 is 27.6 Å². The Morgan fingerprint density at radius 3 is 2.41 bits per heavy atom. The SMILES string of the molecule is COc1cc2c3c(c4ccc(OC(=O)N(C)C)cc4c2cc1OC)[C@H](O)[C@@H]1CCCN1C3. The number of carbonyl (C=O) groups excluding carboxylic acids is 1. The van der Waals surface area contributed by atoms with Gasteiger partial charge in [0.2, 0.25) is 0 Å². The van der Waals surface area contributed by atoms with Gasteiger partial charge >= 0.3 is 6.09 Å². The van der Waals surface area contributed by atoms with Crippen LogP contribution in [0.2, 0.25) is 0 Å². The Labute approximate surface area is 187 Å². The molecular formula is C25H28N2O5. The number of hydrogen-bond donors (Lipinski definition) is 1. The Morgan fingerprint density at radius 1 is 1.03 bits per heavy atom. The minimum Gasteiger partial charge on any atom is -0.493 e. The number of benzene rings is 3. The van der Waals surface area contributed by atoms with Crippen LogP contribution in [0.4, 0.5) is 4.79 Å². The van der Waals surface area contributed by atoms with Crippen molar-refractivity contribution in [1.82, 2.24) is 9.80 Å². The van der Waals surface area contributed by atoms with Gasteiger partial charge in [-0.15, -0.1) is 0 Å². The fourth-order valence-electron chi connectivity index (χ4n) is 5.21. The van der Waals surface area contributed by atoms with E-state index in [1.165, 1.54) is 4.90 Å². The van der Waals surface area contributed by atoms with Gasteiger partial charge in [-0.1, -0.05) is 6.07 Å². The molecule has 3 aromatic rings. The number of carbonyl (C=O) groups is 1. The van der Waals surface area contributed by atoms with Crippen LogP contribution in [0.1, 0.15) is 30.1 Å². The number of methoxy groups -OCH3 is 2. The van der Waals surface area contributed by atoms with Gasteiger partial charge in [-0.05, 0) is 76.3 Å². The van der Waals surface area contributed by atoms with Crippen LogP contribution in [-0.4, -0.2) is 61.9 Å². The number of hydrogen-bond acceptors (Lipinski definition) is 6. The van der Waals surface area contributed by atoms with E-state index in [9.17, 15) is 9.90 Å². The Balaban J connectivity index is 1.81. The normalized spacial score (nSPS) is 20.2. The minimum absolute atomic E-state index is 0.134. The molecule has 2 aliphatic heterocycles. The van der Waals surface area contributed by atoms with Crippen LogP contribution in [0.5, 0.6) is 17.2 Å². The van der Waals surface area contributed by atoms with Gasteiger partial charge in [0.05, 0.1) is 20.3 Å². The minimum atomic E-state index is -0.573. The fraction of sp³-hybridized carbons (Fsp3) is 0.400. The van der Waals surface area contributed by atoms with E-state index in [0.29, 0.717) is 17.2 Å². The van der Waals surface area contributed by atoms with Gasteiger partial charge in [-0.25, -0.2) is 4.79 Å². The van der Waals surface area contributed by atoms with Crippen molar-refractivity contribution in [3.8, 4) is 17.2 Å². The van der Waals surface area contributed by atoms with E-state index < -0.39 is 12.2 Å². The average molecular weight is 437 g/mol. The van der Waals surface area contributed by atoms with Gasteiger partial charge < -0.3 is 24.2 Å². The lowest BCUT2D eigenvalue weighted by Crippen LogP contribution is -2.39. The van der Waals surface area contributed by atoms with Gasteiger partial charge in [0.1, 0.15) is 5.75 Å². The monoisotopic (exact) mass is 436 g/mol. The Morgan fingerprint density at radius 2 is 1.72 bits per heavy atom. The molecule has 0 spiro atoms. The van der Waals surface area contributed by atoms with Crippen LogP contribution in [-0.2, 0) is 6.54 Å². The van der Waals surface area contributed by atoms with E-state index in [4.69, 9.17) is 14.2 Å². The summed E-state index contributed by atoms with van der Waals surface area (Å²) in [5.41, 5.74) is 2.09. The van der Waals surface area contributed by atoms with Crippen molar-refractivity contribution in [3.05, 3.63) is 41.5 Å². The maximum Gasteiger partial charge on any atom is 0.414 e. The molecule has 3 aromatic carbocycles. The van der Waals surface area contributed by atoms with Crippen LogP contribution < -0.4 is 14.2 Å². The van der Waals surface area contributed by atoms with Gasteiger partial charge in [0, 0.05) is 26.7 Å². The number of rotatable bonds is 3. The predicted molar refractivity (Wildman–Crippen MR) is 123 cm³/mol. The van der Waals surface area contributed by atoms with Crippen molar-refractivity contribution in [3.63, 3.8) is 0 Å². The highest BCUT2D eigenvalue weighted by Gasteiger charge is 2.39. The molecule has 0 radical (unpaired) electrons. The molecular weight excluding hydrogens is 408 g/mol. The molecule has 0 aliphatic carbocycles. The summed E-state index contributed by atoms with van der Waals surface area (Å²) in [7, 11) is 6.54. The summed E-state index contributed by atoms with van der Waals surface area (Å²) in [6.45, 7) is 1.78. The molecule has 7 heteroatoms. The Bertz CT molecular complexity index is 1220. The molecule has 32 heavy (non-hydrogen) atoms. The molecule has 1 N–H and O–H groups in total. The smallest absolute Gasteiger partial charge is 0.414 e. The lowest BCUT2D eigenvalue weighted by Gasteiger charge is -2.37. The summed E-state index contributed by atoms with van der Waals surface area (Å²) in [6, 6.07) is 9.72. The van der Waals surface area contributed by atoms with E-state index in [2.05, 4.69) is 4.90 Å². The molecule has 2 heterocycles. The third-order valence-electron chi connectivity index (χ3n) is 6.75. The number of amides is 1. The summed E-state index contributed by atoms with van der Waals surface area (Å²) in [4.78, 5) is 15.9. The third-order valence-corrected chi connectivity index (χ3v) is 6.75. The standard InChI is InChI=1S/C25H28N2O5/c1-26(2)25(29)32-14-7-8-15-16(10-14)17-11-21(30-3)22(31-4)12-18(17)19-13-27-9-5-6-20(27)24(28)23(15)19/h7-8,10-12,20,24,28H,5-6,9,13H2,1-4H3/t20-,24+/m0/s1. The summed E-state index contributed by atoms with van der Waals surface area (Å²) < 4.78 is 16.7. The van der Waals surface area contributed by atoms with Gasteiger partial charge in [-0.3, -0.25) is 4.90 Å². The first kappa shape index (κ1) is 20.8. The molecule has 5 rings (SSSR count). The maximum atomic E-state index is 12.1. The lowest BCUT2D eigenvalue weighted by atomic mass is 9.83. The van der Waals surface area contributed by atoms with Crippen LogP contribution in [0.15, 0.2) is 30.3 Å². The first-order valence-electron chi connectivity index (χ1n) is 10.9. The van der Waals surface area contributed by atoms with Crippen LogP contribution in [0.25, 0.3) is 21.5 Å². The van der Waals surface area contributed by atoms with E-state index in [1.54, 1.807) is 34.4 Å². The highest BCUT2D eigenvalue weighted by Crippen LogP contribution is 2.47. The van der Waals surface area contributed by atoms with Crippen LogP contribution >= 0.6 is 0 Å². The zero-order valence-electron chi connectivity index (χ0n) is 18.8. The Kier molecular flexibility index (Phi) is 5.10. The van der Waals surface area contributed by atoms with Gasteiger partial charge in [0.15, 0.2) is 11.5 Å². The number of aliphatic hydroxyl groups is 1. The highest BCUT2D eigenvalue weighted by molar-refractivity contribution is 6.12. The average Bonchev–Trinajstić information content (AvgIpc) is 3.27. The molecule has 7 nitrogen and oxygen atoms in total. The summed E-state index contributed by atoms with van der Waals surface area (Å²) in [5, 5.41) is 15.3. The van der Waals surface area contributed by atoms with Crippen molar-refractivity contribution in [1.29, 1.82) is 0 Å². The molecule has 2 atom stereocenters. The maximum absolute atomic E-state index is 12.1. The zero-order valence-corrected chi connectivity index (χ0v) is 18.8. The second kappa shape index (κ2) is 7.83. The largest absolute Gasteiger partial charge is 0.493 e. The van der Waals surface area contributed by atoms with E-state index >= 15 is 0 Å². The second-order valence-corrected chi connectivity index (χ2v) is 8.74. The molecule has 0 aromatic heterocycles. The number of ether oxygens (including phenoxy) is 3. The fourth-order valence-corrected chi connectivity index (χ4v) is 5.21. The summed E-state index contributed by atoms with van der Waals surface area (Å²) in [5.74, 6) is 1.74. The van der Waals surface area contributed by atoms with Crippen molar-refractivity contribution < 1.29 is 24.1 Å². The van der Waals surface area contributed by atoms with Gasteiger partial charge in [-0.2, -0.15) is 0 Å². The van der Waals surface area contributed by atoms with E-state index in [-0.39, 0.29) is 6.04 Å². The van der Waals surface area contributed by atoms with Crippen molar-refractivity contribution in [2.45, 2.75) is 31.5 Å². The first-order valence-corrected chi connectivity index (χ1v) is 10.9. The van der Waals surface area contributed by atoms with E-state index in [0.717, 1.165) is 58.6 Å². The summed E-state index contributed by atoms with van der Waals surface area (Å²) in [6.07, 6.45) is 1.07. The second-order valence-electron chi connectivity index (χ2n) is 8.74. The Hall–Kier alpha value is -3.03. The zero-order chi connectivity index (χ0) is 22.6. The molecule has 0 unspecified atom stereocenters.